The molecule has 0 rings (SSSR count). The molecule has 0 saturated carbocycles. The highest BCUT2D eigenvalue weighted by atomic mass is 16.6. The fraction of sp³-hybridized carbons (Fsp3) is 0.857. The molecule has 2 N–H and O–H groups in total. The summed E-state index contributed by atoms with van der Waals surface area (Å²) in [6, 6.07) is -0.876. The van der Waals surface area contributed by atoms with Gasteiger partial charge < -0.3 is 15.2 Å². The second-order valence-corrected chi connectivity index (χ2v) is 5.98. The highest BCUT2D eigenvalue weighted by molar-refractivity contribution is 5.79. The Hall–Kier alpha value is -1.26. The fourth-order valence-electron chi connectivity index (χ4n) is 1.58. The molecule has 19 heavy (non-hydrogen) atoms. The molecule has 0 aliphatic heterocycles. The standard InChI is InChI=1S/C14H27NO4/c1-6-10(2)8-7-9-11(12(16)17)15-13(18)19-14(3,4)5/h10-11H,6-9H2,1-5H3,(H,15,18)(H,16,17). The summed E-state index contributed by atoms with van der Waals surface area (Å²) in [5.41, 5.74) is -0.621. The number of hydrogen-bond donors (Lipinski definition) is 2. The lowest BCUT2D eigenvalue weighted by Crippen LogP contribution is -2.43. The molecule has 0 fully saturated rings. The van der Waals surface area contributed by atoms with Crippen LogP contribution in [0.4, 0.5) is 4.79 Å². The van der Waals surface area contributed by atoms with Crippen LogP contribution in [-0.2, 0) is 9.53 Å². The first-order valence-electron chi connectivity index (χ1n) is 6.88. The van der Waals surface area contributed by atoms with E-state index in [4.69, 9.17) is 9.84 Å². The second-order valence-electron chi connectivity index (χ2n) is 5.98. The minimum atomic E-state index is -1.02. The minimum Gasteiger partial charge on any atom is -0.480 e. The van der Waals surface area contributed by atoms with E-state index in [1.165, 1.54) is 0 Å². The van der Waals surface area contributed by atoms with Gasteiger partial charge in [0, 0.05) is 0 Å². The Morgan fingerprint density at radius 2 is 1.84 bits per heavy atom. The Bertz CT molecular complexity index is 296. The normalized spacial score (nSPS) is 14.6. The van der Waals surface area contributed by atoms with E-state index in [0.717, 1.165) is 19.3 Å². The van der Waals surface area contributed by atoms with Gasteiger partial charge in [0.15, 0.2) is 0 Å². The summed E-state index contributed by atoms with van der Waals surface area (Å²) in [6.45, 7) is 9.47. The molecule has 112 valence electrons. The van der Waals surface area contributed by atoms with Gasteiger partial charge in [0.1, 0.15) is 11.6 Å². The number of nitrogens with one attached hydrogen (secondary N) is 1. The van der Waals surface area contributed by atoms with Crippen molar-refractivity contribution >= 4 is 12.1 Å². The van der Waals surface area contributed by atoms with Crippen LogP contribution in [-0.4, -0.2) is 28.8 Å². The van der Waals surface area contributed by atoms with Gasteiger partial charge in [-0.1, -0.05) is 33.1 Å². The molecule has 0 aliphatic carbocycles. The maximum absolute atomic E-state index is 11.5. The van der Waals surface area contributed by atoms with Crippen molar-refractivity contribution in [3.63, 3.8) is 0 Å². The molecule has 1 amide bonds. The van der Waals surface area contributed by atoms with Crippen LogP contribution in [0.15, 0.2) is 0 Å². The summed E-state index contributed by atoms with van der Waals surface area (Å²) in [6.07, 6.45) is 2.58. The zero-order valence-electron chi connectivity index (χ0n) is 12.7. The van der Waals surface area contributed by atoms with Gasteiger partial charge in [-0.05, 0) is 33.1 Å². The Labute approximate surface area is 115 Å². The van der Waals surface area contributed by atoms with E-state index in [1.54, 1.807) is 20.8 Å². The van der Waals surface area contributed by atoms with Crippen molar-refractivity contribution in [1.29, 1.82) is 0 Å². The van der Waals surface area contributed by atoms with E-state index in [-0.39, 0.29) is 0 Å². The Kier molecular flexibility index (Phi) is 7.49. The quantitative estimate of drug-likeness (QED) is 0.747. The van der Waals surface area contributed by atoms with Crippen LogP contribution in [0.3, 0.4) is 0 Å². The molecule has 5 nitrogen and oxygen atoms in total. The Balaban J connectivity index is 4.20. The maximum atomic E-state index is 11.5. The van der Waals surface area contributed by atoms with Gasteiger partial charge in [-0.25, -0.2) is 9.59 Å². The molecule has 0 spiro atoms. The number of carbonyl (C=O) groups is 2. The molecular weight excluding hydrogens is 246 g/mol. The van der Waals surface area contributed by atoms with Crippen molar-refractivity contribution in [2.75, 3.05) is 0 Å². The molecule has 0 aromatic carbocycles. The molecule has 0 aromatic rings. The van der Waals surface area contributed by atoms with E-state index in [9.17, 15) is 9.59 Å². The first-order valence-corrected chi connectivity index (χ1v) is 6.88. The molecule has 0 aliphatic rings. The van der Waals surface area contributed by atoms with E-state index in [0.29, 0.717) is 12.3 Å². The average molecular weight is 273 g/mol. The number of aliphatic carboxylic acids is 1. The van der Waals surface area contributed by atoms with Gasteiger partial charge in [-0.3, -0.25) is 0 Å². The van der Waals surface area contributed by atoms with Crippen LogP contribution in [0.2, 0.25) is 0 Å². The van der Waals surface area contributed by atoms with E-state index < -0.39 is 23.7 Å². The molecule has 0 aromatic heterocycles. The fourth-order valence-corrected chi connectivity index (χ4v) is 1.58. The van der Waals surface area contributed by atoms with E-state index in [1.807, 2.05) is 0 Å². The topological polar surface area (TPSA) is 75.6 Å². The summed E-state index contributed by atoms with van der Waals surface area (Å²) in [5, 5.41) is 11.5. The lowest BCUT2D eigenvalue weighted by atomic mass is 9.99. The van der Waals surface area contributed by atoms with Gasteiger partial charge in [0.2, 0.25) is 0 Å². The largest absolute Gasteiger partial charge is 0.480 e. The lowest BCUT2D eigenvalue weighted by Gasteiger charge is -2.22. The monoisotopic (exact) mass is 273 g/mol. The van der Waals surface area contributed by atoms with Crippen LogP contribution >= 0.6 is 0 Å². The first-order chi connectivity index (χ1) is 8.65. The molecule has 0 bridgehead atoms. The second kappa shape index (κ2) is 8.02. The predicted octanol–water partition coefficient (Wildman–Crippen LogP) is 3.18. The number of rotatable bonds is 7. The minimum absolute atomic E-state index is 0.429. The van der Waals surface area contributed by atoms with Crippen LogP contribution in [0.25, 0.3) is 0 Å². The van der Waals surface area contributed by atoms with Gasteiger partial charge >= 0.3 is 12.1 Å². The number of hydrogen-bond acceptors (Lipinski definition) is 3. The van der Waals surface area contributed by atoms with Gasteiger partial charge in [0.25, 0.3) is 0 Å². The summed E-state index contributed by atoms with van der Waals surface area (Å²) < 4.78 is 5.05. The van der Waals surface area contributed by atoms with E-state index >= 15 is 0 Å². The number of carboxylic acids is 1. The van der Waals surface area contributed by atoms with Crippen molar-refractivity contribution in [3.8, 4) is 0 Å². The molecule has 0 saturated heterocycles. The van der Waals surface area contributed by atoms with E-state index in [2.05, 4.69) is 19.2 Å². The zero-order valence-corrected chi connectivity index (χ0v) is 12.7. The molecule has 2 unspecified atom stereocenters. The average Bonchev–Trinajstić information content (AvgIpc) is 2.24. The Morgan fingerprint density at radius 1 is 1.26 bits per heavy atom. The highest BCUT2D eigenvalue weighted by Crippen LogP contribution is 2.13. The number of carboxylic acid groups (broad SMARTS) is 1. The third-order valence-electron chi connectivity index (χ3n) is 2.88. The predicted molar refractivity (Wildman–Crippen MR) is 74.1 cm³/mol. The summed E-state index contributed by atoms with van der Waals surface area (Å²) in [4.78, 5) is 22.6. The van der Waals surface area contributed by atoms with Crippen molar-refractivity contribution < 1.29 is 19.4 Å². The van der Waals surface area contributed by atoms with Crippen molar-refractivity contribution in [3.05, 3.63) is 0 Å². The number of carbonyl (C=O) groups excluding carboxylic acids is 1. The third kappa shape index (κ3) is 9.33. The van der Waals surface area contributed by atoms with Gasteiger partial charge in [-0.2, -0.15) is 0 Å². The van der Waals surface area contributed by atoms with Crippen LogP contribution < -0.4 is 5.32 Å². The summed E-state index contributed by atoms with van der Waals surface area (Å²) in [5.74, 6) is -0.439. The molecule has 0 radical (unpaired) electrons. The van der Waals surface area contributed by atoms with Crippen LogP contribution in [0.5, 0.6) is 0 Å². The van der Waals surface area contributed by atoms with Gasteiger partial charge in [0.05, 0.1) is 0 Å². The van der Waals surface area contributed by atoms with Crippen molar-refractivity contribution in [1.82, 2.24) is 5.32 Å². The van der Waals surface area contributed by atoms with Gasteiger partial charge in [-0.15, -0.1) is 0 Å². The highest BCUT2D eigenvalue weighted by Gasteiger charge is 2.23. The molecular formula is C14H27NO4. The Morgan fingerprint density at radius 3 is 2.26 bits per heavy atom. The van der Waals surface area contributed by atoms with Crippen molar-refractivity contribution in [2.24, 2.45) is 5.92 Å². The first kappa shape index (κ1) is 17.7. The molecule has 2 atom stereocenters. The molecule has 0 heterocycles. The third-order valence-corrected chi connectivity index (χ3v) is 2.88. The lowest BCUT2D eigenvalue weighted by molar-refractivity contribution is -0.139. The van der Waals surface area contributed by atoms with Crippen molar-refractivity contribution in [2.45, 2.75) is 71.9 Å². The maximum Gasteiger partial charge on any atom is 0.408 e. The summed E-state index contributed by atoms with van der Waals surface area (Å²) in [7, 11) is 0. The number of ether oxygens (including phenoxy) is 1. The van der Waals surface area contributed by atoms with Crippen LogP contribution in [0.1, 0.15) is 60.3 Å². The SMILES string of the molecule is CCC(C)CCCC(NC(=O)OC(C)(C)C)C(=O)O. The number of amides is 1. The number of alkyl carbamates (subject to hydrolysis) is 1. The molecule has 5 heteroatoms. The smallest absolute Gasteiger partial charge is 0.408 e. The van der Waals surface area contributed by atoms with Crippen LogP contribution in [0, 0.1) is 5.92 Å². The summed E-state index contributed by atoms with van der Waals surface area (Å²) >= 11 is 0. The zero-order chi connectivity index (χ0) is 15.1.